The van der Waals surface area contributed by atoms with Crippen LogP contribution in [-0.2, 0) is 4.84 Å². The Labute approximate surface area is 172 Å². The largest absolute Gasteiger partial charge is 0.368 e. The van der Waals surface area contributed by atoms with E-state index in [2.05, 4.69) is 30.4 Å². The molecule has 0 radical (unpaired) electrons. The van der Waals surface area contributed by atoms with Gasteiger partial charge in [0.15, 0.2) is 0 Å². The third-order valence-corrected chi connectivity index (χ3v) is 4.58. The number of nitrogens with two attached hydrogens (primary N) is 1. The Kier molecular flexibility index (Phi) is 7.88. The molecule has 1 aromatic heterocycles. The Balaban J connectivity index is 2.10. The van der Waals surface area contributed by atoms with Crippen molar-refractivity contribution in [2.24, 2.45) is 25.9 Å². The maximum atomic E-state index is 5.82. The first-order chi connectivity index (χ1) is 13.8. The van der Waals surface area contributed by atoms with E-state index in [0.717, 1.165) is 35.6 Å². The van der Waals surface area contributed by atoms with Crippen molar-refractivity contribution in [2.75, 3.05) is 13.1 Å². The molecule has 2 rings (SSSR count). The highest BCUT2D eigenvalue weighted by atomic mass is 16.7. The summed E-state index contributed by atoms with van der Waals surface area (Å²) in [7, 11) is 0. The third kappa shape index (κ3) is 6.13. The van der Waals surface area contributed by atoms with E-state index in [-0.39, 0.29) is 5.96 Å². The molecule has 0 spiro atoms. The predicted molar refractivity (Wildman–Crippen MR) is 118 cm³/mol. The van der Waals surface area contributed by atoms with Crippen LogP contribution in [0.4, 0.5) is 0 Å². The van der Waals surface area contributed by atoms with Crippen LogP contribution in [0.3, 0.4) is 0 Å². The van der Waals surface area contributed by atoms with Crippen molar-refractivity contribution >= 4 is 23.3 Å². The SMILES string of the molecule is CCN(CC)C1=NC(N)=NC(O/N=C(C)/C(C)=C(C)/N=C(\C)c2cccnc2)N1. The first-order valence-electron chi connectivity index (χ1n) is 9.63. The van der Waals surface area contributed by atoms with E-state index in [0.29, 0.717) is 11.7 Å². The lowest BCUT2D eigenvalue weighted by Crippen LogP contribution is -2.49. The summed E-state index contributed by atoms with van der Waals surface area (Å²) < 4.78 is 0. The molecule has 0 aromatic carbocycles. The van der Waals surface area contributed by atoms with Gasteiger partial charge in [0.25, 0.3) is 6.35 Å². The zero-order valence-corrected chi connectivity index (χ0v) is 18.0. The van der Waals surface area contributed by atoms with Crippen molar-refractivity contribution in [3.63, 3.8) is 0 Å². The maximum Gasteiger partial charge on any atom is 0.298 e. The molecule has 0 saturated carbocycles. The molecule has 1 aliphatic rings. The van der Waals surface area contributed by atoms with Crippen LogP contribution in [0.2, 0.25) is 0 Å². The molecule has 29 heavy (non-hydrogen) atoms. The lowest BCUT2D eigenvalue weighted by molar-refractivity contribution is 0.0511. The summed E-state index contributed by atoms with van der Waals surface area (Å²) in [5, 5.41) is 7.30. The average molecular weight is 399 g/mol. The summed E-state index contributed by atoms with van der Waals surface area (Å²) in [6.07, 6.45) is 2.80. The molecule has 1 aliphatic heterocycles. The molecule has 1 atom stereocenters. The summed E-state index contributed by atoms with van der Waals surface area (Å²) in [5.41, 5.74) is 10.1. The predicted octanol–water partition coefficient (Wildman–Crippen LogP) is 2.48. The first-order valence-corrected chi connectivity index (χ1v) is 9.63. The number of hydrogen-bond donors (Lipinski definition) is 2. The molecule has 0 saturated heterocycles. The normalized spacial score (nSPS) is 18.3. The molecule has 9 nitrogen and oxygen atoms in total. The third-order valence-electron chi connectivity index (χ3n) is 4.58. The van der Waals surface area contributed by atoms with Gasteiger partial charge in [0, 0.05) is 42.5 Å². The number of guanidine groups is 2. The quantitative estimate of drug-likeness (QED) is 0.541. The van der Waals surface area contributed by atoms with Crippen LogP contribution in [0.1, 0.15) is 47.1 Å². The topological polar surface area (TPSA) is 113 Å². The fourth-order valence-electron chi connectivity index (χ4n) is 2.60. The van der Waals surface area contributed by atoms with E-state index >= 15 is 0 Å². The minimum atomic E-state index is -0.730. The number of nitrogens with one attached hydrogen (secondary N) is 1. The zero-order valence-electron chi connectivity index (χ0n) is 18.0. The van der Waals surface area contributed by atoms with E-state index in [1.807, 2.05) is 58.6 Å². The number of nitrogens with zero attached hydrogens (tertiary/aromatic N) is 6. The number of rotatable bonds is 7. The summed E-state index contributed by atoms with van der Waals surface area (Å²) in [4.78, 5) is 24.7. The molecule has 156 valence electrons. The van der Waals surface area contributed by atoms with Gasteiger partial charge < -0.3 is 15.5 Å². The standard InChI is InChI=1S/C20H30N8O/c1-7-28(8-2)19-24-18(21)25-20(26-19)29-27-15(5)13(3)14(4)23-16(6)17-10-9-11-22-12-17/h9-12,20H,7-8H2,1-6H3,(H3,21,24,25,26)/b14-13+,23-16+,27-15+. The van der Waals surface area contributed by atoms with Gasteiger partial charge in [0.2, 0.25) is 11.9 Å². The minimum absolute atomic E-state index is 0.156. The van der Waals surface area contributed by atoms with E-state index in [9.17, 15) is 0 Å². The van der Waals surface area contributed by atoms with Gasteiger partial charge in [0.05, 0.1) is 5.71 Å². The molecule has 9 heteroatoms. The highest BCUT2D eigenvalue weighted by molar-refractivity contribution is 6.01. The van der Waals surface area contributed by atoms with E-state index in [1.165, 1.54) is 0 Å². The van der Waals surface area contributed by atoms with Crippen molar-refractivity contribution in [2.45, 2.75) is 47.9 Å². The highest BCUT2D eigenvalue weighted by Crippen LogP contribution is 2.11. The Bertz CT molecular complexity index is 850. The molecular weight excluding hydrogens is 368 g/mol. The Morgan fingerprint density at radius 1 is 1.24 bits per heavy atom. The van der Waals surface area contributed by atoms with Crippen LogP contribution in [0, 0.1) is 0 Å². The smallest absolute Gasteiger partial charge is 0.298 e. The number of aromatic nitrogens is 1. The summed E-state index contributed by atoms with van der Waals surface area (Å²) >= 11 is 0. The number of pyridine rings is 1. The molecule has 0 fully saturated rings. The lowest BCUT2D eigenvalue weighted by atomic mass is 10.1. The molecule has 0 amide bonds. The van der Waals surface area contributed by atoms with Crippen LogP contribution in [0.5, 0.6) is 0 Å². The average Bonchev–Trinajstić information content (AvgIpc) is 2.72. The molecule has 0 aliphatic carbocycles. The summed E-state index contributed by atoms with van der Waals surface area (Å²) in [6.45, 7) is 13.4. The number of oxime groups is 1. The number of allylic oxidation sites excluding steroid dienone is 2. The first kappa shape index (κ1) is 22.1. The van der Waals surface area contributed by atoms with E-state index in [1.54, 1.807) is 12.4 Å². The van der Waals surface area contributed by atoms with Crippen LogP contribution < -0.4 is 11.1 Å². The van der Waals surface area contributed by atoms with Gasteiger partial charge in [-0.25, -0.2) is 0 Å². The van der Waals surface area contributed by atoms with Gasteiger partial charge >= 0.3 is 0 Å². The molecule has 0 bridgehead atoms. The highest BCUT2D eigenvalue weighted by Gasteiger charge is 2.20. The van der Waals surface area contributed by atoms with E-state index < -0.39 is 6.35 Å². The van der Waals surface area contributed by atoms with Gasteiger partial charge in [-0.1, -0.05) is 11.2 Å². The second kappa shape index (κ2) is 10.4. The number of hydrogen-bond acceptors (Lipinski definition) is 9. The number of aliphatic imine (C=N–C) groups is 3. The molecular formula is C20H30N8O. The monoisotopic (exact) mass is 398 g/mol. The van der Waals surface area contributed by atoms with Crippen molar-refractivity contribution in [1.82, 2.24) is 15.2 Å². The zero-order chi connectivity index (χ0) is 21.4. The van der Waals surface area contributed by atoms with Crippen LogP contribution in [-0.4, -0.2) is 52.7 Å². The minimum Gasteiger partial charge on any atom is -0.368 e. The van der Waals surface area contributed by atoms with Crippen molar-refractivity contribution in [3.05, 3.63) is 41.4 Å². The fraction of sp³-hybridized carbons (Fsp3) is 0.450. The fourth-order valence-corrected chi connectivity index (χ4v) is 2.60. The second-order valence-electron chi connectivity index (χ2n) is 6.52. The van der Waals surface area contributed by atoms with Crippen molar-refractivity contribution in [1.29, 1.82) is 0 Å². The van der Waals surface area contributed by atoms with Crippen molar-refractivity contribution < 1.29 is 4.84 Å². The Hall–Kier alpha value is -3.23. The lowest BCUT2D eigenvalue weighted by Gasteiger charge is -2.27. The van der Waals surface area contributed by atoms with Crippen molar-refractivity contribution in [3.8, 4) is 0 Å². The van der Waals surface area contributed by atoms with E-state index in [4.69, 9.17) is 10.6 Å². The molecule has 1 aromatic rings. The van der Waals surface area contributed by atoms with Gasteiger partial charge in [-0.2, -0.15) is 9.98 Å². The summed E-state index contributed by atoms with van der Waals surface area (Å²) in [6, 6.07) is 3.87. The molecule has 1 unspecified atom stereocenters. The second-order valence-corrected chi connectivity index (χ2v) is 6.52. The Morgan fingerprint density at radius 2 is 1.97 bits per heavy atom. The summed E-state index contributed by atoms with van der Waals surface area (Å²) in [5.74, 6) is 0.782. The van der Waals surface area contributed by atoms with Crippen LogP contribution >= 0.6 is 0 Å². The molecule has 3 N–H and O–H groups in total. The maximum absolute atomic E-state index is 5.82. The molecule has 2 heterocycles. The van der Waals surface area contributed by atoms with Gasteiger partial charge in [-0.15, -0.1) is 0 Å². The van der Waals surface area contributed by atoms with Gasteiger partial charge in [-0.05, 0) is 53.2 Å². The van der Waals surface area contributed by atoms with Crippen LogP contribution in [0.15, 0.2) is 55.9 Å². The van der Waals surface area contributed by atoms with Gasteiger partial charge in [0.1, 0.15) is 0 Å². The van der Waals surface area contributed by atoms with Gasteiger partial charge in [-0.3, -0.25) is 15.3 Å². The van der Waals surface area contributed by atoms with Crippen LogP contribution in [0.25, 0.3) is 0 Å². The Morgan fingerprint density at radius 3 is 2.59 bits per heavy atom.